The molecule has 0 N–H and O–H groups in total. The predicted molar refractivity (Wildman–Crippen MR) is 106 cm³/mol. The summed E-state index contributed by atoms with van der Waals surface area (Å²) >= 11 is 1.52. The first kappa shape index (κ1) is 20.8. The Morgan fingerprint density at radius 3 is 2.52 bits per heavy atom. The lowest BCUT2D eigenvalue weighted by atomic mass is 10.1. The van der Waals surface area contributed by atoms with Crippen LogP contribution in [0, 0.1) is 11.6 Å². The molecule has 0 saturated carbocycles. The van der Waals surface area contributed by atoms with E-state index in [0.717, 1.165) is 5.75 Å². The molecular weight excluding hydrogens is 398 g/mol. The van der Waals surface area contributed by atoms with Crippen LogP contribution in [0.5, 0.6) is 17.2 Å². The van der Waals surface area contributed by atoms with Crippen LogP contribution in [0.15, 0.2) is 53.2 Å². The van der Waals surface area contributed by atoms with Crippen LogP contribution in [0.2, 0.25) is 0 Å². The highest BCUT2D eigenvalue weighted by molar-refractivity contribution is 7.08. The highest BCUT2D eigenvalue weighted by atomic mass is 32.1. The molecule has 0 spiro atoms. The van der Waals surface area contributed by atoms with E-state index in [9.17, 15) is 13.6 Å². The largest absolute Gasteiger partial charge is 0.483 e. The van der Waals surface area contributed by atoms with Gasteiger partial charge < -0.3 is 14.2 Å². The third-order valence-corrected chi connectivity index (χ3v) is 4.66. The standard InChI is InChI=1S/C22H20F2O4S/c1-2-26-21(25)7-6-15-11-19(23)22(20(24)12-15)27-13-16-4-3-5-17(10-16)28-18-8-9-29-14-18/h3-5,8-12,14H,2,6-7,13H2,1H3. The van der Waals surface area contributed by atoms with Crippen molar-refractivity contribution in [2.45, 2.75) is 26.4 Å². The quantitative estimate of drug-likeness (QED) is 0.406. The van der Waals surface area contributed by atoms with Gasteiger partial charge in [0.15, 0.2) is 17.4 Å². The van der Waals surface area contributed by atoms with E-state index in [-0.39, 0.29) is 26.1 Å². The van der Waals surface area contributed by atoms with Gasteiger partial charge in [0.05, 0.1) is 6.61 Å². The van der Waals surface area contributed by atoms with Crippen molar-refractivity contribution in [1.82, 2.24) is 0 Å². The lowest BCUT2D eigenvalue weighted by Crippen LogP contribution is -2.06. The first-order valence-corrected chi connectivity index (χ1v) is 10.0. The van der Waals surface area contributed by atoms with Crippen molar-refractivity contribution < 1.29 is 27.8 Å². The highest BCUT2D eigenvalue weighted by Crippen LogP contribution is 2.27. The van der Waals surface area contributed by atoms with Crippen LogP contribution in [-0.4, -0.2) is 12.6 Å². The first-order chi connectivity index (χ1) is 14.0. The van der Waals surface area contributed by atoms with E-state index in [2.05, 4.69) is 0 Å². The number of hydrogen-bond donors (Lipinski definition) is 0. The maximum atomic E-state index is 14.3. The van der Waals surface area contributed by atoms with Gasteiger partial charge in [-0.3, -0.25) is 4.79 Å². The van der Waals surface area contributed by atoms with Crippen molar-refractivity contribution in [1.29, 1.82) is 0 Å². The second-order valence-electron chi connectivity index (χ2n) is 6.19. The van der Waals surface area contributed by atoms with E-state index in [1.165, 1.54) is 23.5 Å². The van der Waals surface area contributed by atoms with Gasteiger partial charge in [0.1, 0.15) is 18.1 Å². The van der Waals surface area contributed by atoms with Crippen LogP contribution in [0.1, 0.15) is 24.5 Å². The van der Waals surface area contributed by atoms with Crippen molar-refractivity contribution in [3.05, 3.63) is 76.0 Å². The minimum atomic E-state index is -0.811. The number of esters is 1. The molecule has 0 aliphatic heterocycles. The van der Waals surface area contributed by atoms with Crippen molar-refractivity contribution in [3.63, 3.8) is 0 Å². The molecule has 0 aliphatic carbocycles. The molecule has 0 fully saturated rings. The van der Waals surface area contributed by atoms with E-state index < -0.39 is 23.4 Å². The second kappa shape index (κ2) is 10.0. The number of benzene rings is 2. The number of hydrogen-bond acceptors (Lipinski definition) is 5. The number of carbonyl (C=O) groups excluding carboxylic acids is 1. The SMILES string of the molecule is CCOC(=O)CCc1cc(F)c(OCc2cccc(Oc3ccsc3)c2)c(F)c1. The summed E-state index contributed by atoms with van der Waals surface area (Å²) in [5.41, 5.74) is 1.08. The van der Waals surface area contributed by atoms with E-state index in [1.807, 2.05) is 16.8 Å². The molecule has 1 heterocycles. The zero-order valence-electron chi connectivity index (χ0n) is 15.8. The van der Waals surface area contributed by atoms with Crippen LogP contribution in [0.25, 0.3) is 0 Å². The molecule has 1 aromatic heterocycles. The van der Waals surface area contributed by atoms with E-state index >= 15 is 0 Å². The summed E-state index contributed by atoms with van der Waals surface area (Å²) < 4.78 is 44.5. The number of halogens is 2. The maximum absolute atomic E-state index is 14.3. The summed E-state index contributed by atoms with van der Waals surface area (Å²) in [6.45, 7) is 1.96. The van der Waals surface area contributed by atoms with Gasteiger partial charge in [0.25, 0.3) is 0 Å². The summed E-state index contributed by atoms with van der Waals surface area (Å²) in [7, 11) is 0. The number of ether oxygens (including phenoxy) is 3. The average molecular weight is 418 g/mol. The Kier molecular flexibility index (Phi) is 7.19. The fraction of sp³-hybridized carbons (Fsp3) is 0.227. The number of carbonyl (C=O) groups is 1. The third-order valence-electron chi connectivity index (χ3n) is 3.99. The molecule has 0 radical (unpaired) electrons. The molecule has 7 heteroatoms. The van der Waals surface area contributed by atoms with Gasteiger partial charge in [-0.05, 0) is 60.2 Å². The van der Waals surface area contributed by atoms with E-state index in [4.69, 9.17) is 14.2 Å². The van der Waals surface area contributed by atoms with Gasteiger partial charge in [0, 0.05) is 11.8 Å². The molecule has 0 aliphatic rings. The smallest absolute Gasteiger partial charge is 0.306 e. The van der Waals surface area contributed by atoms with Gasteiger partial charge in [-0.25, -0.2) is 8.78 Å². The number of thiophene rings is 1. The van der Waals surface area contributed by atoms with E-state index in [0.29, 0.717) is 16.9 Å². The Bertz CT molecular complexity index is 934. The fourth-order valence-electron chi connectivity index (χ4n) is 2.67. The van der Waals surface area contributed by atoms with Crippen LogP contribution in [0.4, 0.5) is 8.78 Å². The van der Waals surface area contributed by atoms with Gasteiger partial charge in [-0.2, -0.15) is 0 Å². The third kappa shape index (κ3) is 6.02. The van der Waals surface area contributed by atoms with Gasteiger partial charge in [0.2, 0.25) is 0 Å². The highest BCUT2D eigenvalue weighted by Gasteiger charge is 2.14. The topological polar surface area (TPSA) is 44.8 Å². The van der Waals surface area contributed by atoms with Gasteiger partial charge in [-0.1, -0.05) is 12.1 Å². The van der Waals surface area contributed by atoms with Crippen molar-refractivity contribution in [2.24, 2.45) is 0 Å². The first-order valence-electron chi connectivity index (χ1n) is 9.10. The number of aryl methyl sites for hydroxylation is 1. The average Bonchev–Trinajstić information content (AvgIpc) is 3.19. The molecule has 0 amide bonds. The minimum absolute atomic E-state index is 0.0170. The molecule has 29 heavy (non-hydrogen) atoms. The van der Waals surface area contributed by atoms with Crippen LogP contribution >= 0.6 is 11.3 Å². The van der Waals surface area contributed by atoms with Gasteiger partial charge in [-0.15, -0.1) is 11.3 Å². The molecular formula is C22H20F2O4S. The van der Waals surface area contributed by atoms with E-state index in [1.54, 1.807) is 31.2 Å². The Balaban J connectivity index is 1.62. The molecule has 2 aromatic carbocycles. The lowest BCUT2D eigenvalue weighted by molar-refractivity contribution is -0.143. The lowest BCUT2D eigenvalue weighted by Gasteiger charge is -2.11. The summed E-state index contributed by atoms with van der Waals surface area (Å²) in [6.07, 6.45) is 0.249. The Morgan fingerprint density at radius 2 is 1.83 bits per heavy atom. The molecule has 3 aromatic rings. The molecule has 0 bridgehead atoms. The summed E-state index contributed by atoms with van der Waals surface area (Å²) in [6, 6.07) is 11.3. The molecule has 0 unspecified atom stereocenters. The number of rotatable bonds is 9. The van der Waals surface area contributed by atoms with Crippen molar-refractivity contribution in [3.8, 4) is 17.2 Å². The van der Waals surface area contributed by atoms with Crippen LogP contribution < -0.4 is 9.47 Å². The minimum Gasteiger partial charge on any atom is -0.483 e. The summed E-state index contributed by atoms with van der Waals surface area (Å²) in [4.78, 5) is 11.4. The second-order valence-corrected chi connectivity index (χ2v) is 6.97. The van der Waals surface area contributed by atoms with Gasteiger partial charge >= 0.3 is 5.97 Å². The zero-order chi connectivity index (χ0) is 20.6. The zero-order valence-corrected chi connectivity index (χ0v) is 16.6. The maximum Gasteiger partial charge on any atom is 0.306 e. The fourth-order valence-corrected chi connectivity index (χ4v) is 3.23. The summed E-state index contributed by atoms with van der Waals surface area (Å²) in [5, 5.41) is 3.78. The van der Waals surface area contributed by atoms with Crippen LogP contribution in [0.3, 0.4) is 0 Å². The van der Waals surface area contributed by atoms with Crippen LogP contribution in [-0.2, 0) is 22.6 Å². The molecule has 0 saturated heterocycles. The molecule has 3 rings (SSSR count). The van der Waals surface area contributed by atoms with Crippen molar-refractivity contribution in [2.75, 3.05) is 6.61 Å². The Morgan fingerprint density at radius 1 is 1.03 bits per heavy atom. The predicted octanol–water partition coefficient (Wildman–Crippen LogP) is 5.89. The monoisotopic (exact) mass is 418 g/mol. The molecule has 0 atom stereocenters. The Hall–Kier alpha value is -2.93. The Labute approximate surface area is 171 Å². The molecule has 152 valence electrons. The van der Waals surface area contributed by atoms with Crippen molar-refractivity contribution >= 4 is 17.3 Å². The molecule has 4 nitrogen and oxygen atoms in total. The normalized spacial score (nSPS) is 10.6. The summed E-state index contributed by atoms with van der Waals surface area (Å²) in [5.74, 6) is -1.14.